The van der Waals surface area contributed by atoms with Gasteiger partial charge in [0.15, 0.2) is 0 Å². The summed E-state index contributed by atoms with van der Waals surface area (Å²) in [6.07, 6.45) is 1.56. The highest BCUT2D eigenvalue weighted by Crippen LogP contribution is 2.39. The number of aliphatic hydroxyl groups excluding tert-OH is 1. The van der Waals surface area contributed by atoms with Crippen molar-refractivity contribution in [3.05, 3.63) is 70.8 Å². The second-order valence-corrected chi connectivity index (χ2v) is 7.79. The van der Waals surface area contributed by atoms with Crippen LogP contribution in [0.25, 0.3) is 5.76 Å². The lowest BCUT2D eigenvalue weighted by atomic mass is 9.95. The minimum Gasteiger partial charge on any atom is -0.508 e. The van der Waals surface area contributed by atoms with Gasteiger partial charge in [-0.05, 0) is 56.7 Å². The first-order valence-electron chi connectivity index (χ1n) is 10.1. The van der Waals surface area contributed by atoms with E-state index < -0.39 is 17.7 Å². The molecule has 0 aromatic heterocycles. The average Bonchev–Trinajstić information content (AvgIpc) is 2.98. The van der Waals surface area contributed by atoms with Crippen molar-refractivity contribution in [3.63, 3.8) is 0 Å². The Morgan fingerprint density at radius 3 is 2.23 bits per heavy atom. The number of phenols is 1. The highest BCUT2D eigenvalue weighted by molar-refractivity contribution is 6.46. The number of amides is 1. The molecule has 6 heteroatoms. The summed E-state index contributed by atoms with van der Waals surface area (Å²) in [6.45, 7) is 3.20. The number of ketones is 1. The SMILES string of the molecule is CCc1ccc(/C(O)=C2/C(=O)C(=O)N(CCCN(C)C)C2c2ccc(O)cc2)cc1. The van der Waals surface area contributed by atoms with E-state index in [1.54, 1.807) is 24.3 Å². The van der Waals surface area contributed by atoms with Crippen molar-refractivity contribution in [1.82, 2.24) is 9.80 Å². The largest absolute Gasteiger partial charge is 0.508 e. The summed E-state index contributed by atoms with van der Waals surface area (Å²) in [7, 11) is 3.90. The molecular formula is C24H28N2O4. The Morgan fingerprint density at radius 1 is 1.03 bits per heavy atom. The minimum atomic E-state index is -0.696. The lowest BCUT2D eigenvalue weighted by Gasteiger charge is -2.26. The second kappa shape index (κ2) is 9.13. The van der Waals surface area contributed by atoms with Crippen LogP contribution in [0.3, 0.4) is 0 Å². The molecule has 3 rings (SSSR count). The monoisotopic (exact) mass is 408 g/mol. The normalized spacial score (nSPS) is 18.4. The topological polar surface area (TPSA) is 81.1 Å². The van der Waals surface area contributed by atoms with Crippen LogP contribution in [0.1, 0.15) is 36.1 Å². The zero-order valence-corrected chi connectivity index (χ0v) is 17.6. The highest BCUT2D eigenvalue weighted by atomic mass is 16.3. The van der Waals surface area contributed by atoms with Gasteiger partial charge in [-0.1, -0.05) is 43.3 Å². The number of aromatic hydroxyl groups is 1. The number of hydrogen-bond donors (Lipinski definition) is 2. The first-order chi connectivity index (χ1) is 14.3. The number of carbonyl (C=O) groups is 2. The standard InChI is InChI=1S/C24H28N2O4/c1-4-16-6-8-18(9-7-16)22(28)20-21(17-10-12-19(27)13-11-17)26(24(30)23(20)29)15-5-14-25(2)3/h6-13,21,27-28H,4-5,14-15H2,1-3H3/b22-20-. The predicted octanol–water partition coefficient (Wildman–Crippen LogP) is 3.33. The van der Waals surface area contributed by atoms with E-state index in [0.717, 1.165) is 18.5 Å². The Morgan fingerprint density at radius 2 is 1.67 bits per heavy atom. The fourth-order valence-electron chi connectivity index (χ4n) is 3.72. The molecule has 1 aliphatic rings. The molecule has 0 aliphatic carbocycles. The molecule has 0 bridgehead atoms. The van der Waals surface area contributed by atoms with Crippen LogP contribution in [0.2, 0.25) is 0 Å². The molecule has 2 N–H and O–H groups in total. The number of aliphatic hydroxyl groups is 1. The molecular weight excluding hydrogens is 380 g/mol. The predicted molar refractivity (Wildman–Crippen MR) is 116 cm³/mol. The maximum absolute atomic E-state index is 12.9. The Hall–Kier alpha value is -3.12. The van der Waals surface area contributed by atoms with E-state index in [4.69, 9.17) is 0 Å². The van der Waals surface area contributed by atoms with E-state index in [0.29, 0.717) is 24.1 Å². The molecule has 1 fully saturated rings. The number of phenolic OH excluding ortho intramolecular Hbond substituents is 1. The van der Waals surface area contributed by atoms with Crippen LogP contribution in [0, 0.1) is 0 Å². The smallest absolute Gasteiger partial charge is 0.295 e. The first-order valence-corrected chi connectivity index (χ1v) is 10.1. The molecule has 1 amide bonds. The molecule has 1 saturated heterocycles. The molecule has 2 aromatic carbocycles. The fraction of sp³-hybridized carbons (Fsp3) is 0.333. The van der Waals surface area contributed by atoms with Gasteiger partial charge < -0.3 is 20.0 Å². The summed E-state index contributed by atoms with van der Waals surface area (Å²) in [5.41, 5.74) is 2.37. The summed E-state index contributed by atoms with van der Waals surface area (Å²) in [5, 5.41) is 20.7. The van der Waals surface area contributed by atoms with Crippen molar-refractivity contribution in [3.8, 4) is 5.75 Å². The van der Waals surface area contributed by atoms with Crippen molar-refractivity contribution in [2.24, 2.45) is 0 Å². The summed E-state index contributed by atoms with van der Waals surface area (Å²) < 4.78 is 0. The molecule has 2 aromatic rings. The van der Waals surface area contributed by atoms with Crippen LogP contribution >= 0.6 is 0 Å². The van der Waals surface area contributed by atoms with Crippen molar-refractivity contribution < 1.29 is 19.8 Å². The quantitative estimate of drug-likeness (QED) is 0.417. The summed E-state index contributed by atoms with van der Waals surface area (Å²) in [4.78, 5) is 29.3. The molecule has 0 spiro atoms. The number of nitrogens with zero attached hydrogens (tertiary/aromatic N) is 2. The molecule has 6 nitrogen and oxygen atoms in total. The summed E-state index contributed by atoms with van der Waals surface area (Å²) in [5.74, 6) is -1.38. The fourth-order valence-corrected chi connectivity index (χ4v) is 3.72. The van der Waals surface area contributed by atoms with Crippen molar-refractivity contribution in [2.45, 2.75) is 25.8 Å². The number of likely N-dealkylation sites (tertiary alicyclic amines) is 1. The van der Waals surface area contributed by atoms with Crippen molar-refractivity contribution >= 4 is 17.4 Å². The third-order valence-corrected chi connectivity index (χ3v) is 5.39. The Bertz CT molecular complexity index is 946. The number of rotatable bonds is 7. The lowest BCUT2D eigenvalue weighted by Crippen LogP contribution is -2.32. The van der Waals surface area contributed by atoms with Crippen LogP contribution in [-0.4, -0.2) is 58.9 Å². The first kappa shape index (κ1) is 21.6. The average molecular weight is 408 g/mol. The maximum Gasteiger partial charge on any atom is 0.295 e. The van der Waals surface area contributed by atoms with Gasteiger partial charge in [0.2, 0.25) is 0 Å². The van der Waals surface area contributed by atoms with E-state index >= 15 is 0 Å². The van der Waals surface area contributed by atoms with E-state index in [2.05, 4.69) is 0 Å². The van der Waals surface area contributed by atoms with Gasteiger partial charge in [-0.2, -0.15) is 0 Å². The van der Waals surface area contributed by atoms with E-state index in [1.165, 1.54) is 17.0 Å². The third-order valence-electron chi connectivity index (χ3n) is 5.39. The number of hydrogen-bond acceptors (Lipinski definition) is 5. The zero-order chi connectivity index (χ0) is 21.8. The van der Waals surface area contributed by atoms with Crippen LogP contribution < -0.4 is 0 Å². The zero-order valence-electron chi connectivity index (χ0n) is 17.6. The van der Waals surface area contributed by atoms with Gasteiger partial charge in [-0.25, -0.2) is 0 Å². The molecule has 1 unspecified atom stereocenters. The summed E-state index contributed by atoms with van der Waals surface area (Å²) >= 11 is 0. The Balaban J connectivity index is 2.06. The van der Waals surface area contributed by atoms with Crippen LogP contribution in [0.15, 0.2) is 54.1 Å². The van der Waals surface area contributed by atoms with E-state index in [-0.39, 0.29) is 17.1 Å². The number of benzene rings is 2. The Labute approximate surface area is 177 Å². The molecule has 30 heavy (non-hydrogen) atoms. The molecule has 158 valence electrons. The van der Waals surface area contributed by atoms with Gasteiger partial charge in [0, 0.05) is 12.1 Å². The number of Topliss-reactive ketones (excluding diaryl/α,β-unsaturated/α-hetero) is 1. The second-order valence-electron chi connectivity index (χ2n) is 7.79. The molecule has 1 atom stereocenters. The minimum absolute atomic E-state index is 0.0831. The lowest BCUT2D eigenvalue weighted by molar-refractivity contribution is -0.139. The van der Waals surface area contributed by atoms with Gasteiger partial charge in [0.25, 0.3) is 11.7 Å². The molecule has 0 radical (unpaired) electrons. The number of aryl methyl sites for hydroxylation is 1. The van der Waals surface area contributed by atoms with Gasteiger partial charge >= 0.3 is 0 Å². The maximum atomic E-state index is 12.9. The van der Waals surface area contributed by atoms with Gasteiger partial charge in [0.05, 0.1) is 11.6 Å². The third kappa shape index (κ3) is 4.39. The number of carbonyl (C=O) groups excluding carboxylic acids is 2. The summed E-state index contributed by atoms with van der Waals surface area (Å²) in [6, 6.07) is 13.0. The highest BCUT2D eigenvalue weighted by Gasteiger charge is 2.45. The van der Waals surface area contributed by atoms with Crippen LogP contribution in [0.4, 0.5) is 0 Å². The Kier molecular flexibility index (Phi) is 6.57. The van der Waals surface area contributed by atoms with E-state index in [9.17, 15) is 19.8 Å². The van der Waals surface area contributed by atoms with Crippen molar-refractivity contribution in [1.29, 1.82) is 0 Å². The van der Waals surface area contributed by atoms with Crippen molar-refractivity contribution in [2.75, 3.05) is 27.2 Å². The molecule has 0 saturated carbocycles. The molecule has 1 aliphatic heterocycles. The molecule has 1 heterocycles. The van der Waals surface area contributed by atoms with Crippen LogP contribution in [0.5, 0.6) is 5.75 Å². The van der Waals surface area contributed by atoms with E-state index in [1.807, 2.05) is 38.1 Å². The van der Waals surface area contributed by atoms with Crippen LogP contribution in [-0.2, 0) is 16.0 Å². The van der Waals surface area contributed by atoms with Gasteiger partial charge in [-0.3, -0.25) is 9.59 Å². The van der Waals surface area contributed by atoms with Gasteiger partial charge in [0.1, 0.15) is 11.5 Å². The van der Waals surface area contributed by atoms with Gasteiger partial charge in [-0.15, -0.1) is 0 Å².